The average molecular weight is 275 g/mol. The van der Waals surface area contributed by atoms with Gasteiger partial charge in [0.2, 0.25) is 0 Å². The van der Waals surface area contributed by atoms with E-state index in [9.17, 15) is 4.79 Å². The molecule has 1 aromatic rings. The molecule has 20 heavy (non-hydrogen) atoms. The van der Waals surface area contributed by atoms with Crippen LogP contribution in [0.25, 0.3) is 6.08 Å². The molecule has 2 rings (SSSR count). The molecule has 1 aliphatic heterocycles. The molecule has 0 atom stereocenters. The van der Waals surface area contributed by atoms with Gasteiger partial charge < -0.3 is 10.0 Å². The van der Waals surface area contributed by atoms with E-state index in [0.29, 0.717) is 13.1 Å². The van der Waals surface area contributed by atoms with Crippen LogP contribution in [-0.2, 0) is 6.54 Å². The first-order chi connectivity index (χ1) is 9.56. The molecule has 0 radical (unpaired) electrons. The molecule has 1 saturated heterocycles. The molecule has 0 bridgehead atoms. The highest BCUT2D eigenvalue weighted by Crippen LogP contribution is 2.14. The molecule has 0 aromatic carbocycles. The first-order valence-electron chi connectivity index (χ1n) is 6.85. The number of aromatic nitrogens is 1. The minimum Gasteiger partial charge on any atom is -0.465 e. The second-order valence-corrected chi connectivity index (χ2v) is 5.32. The third kappa shape index (κ3) is 3.81. The van der Waals surface area contributed by atoms with E-state index in [1.54, 1.807) is 6.20 Å². The fourth-order valence-corrected chi connectivity index (χ4v) is 2.33. The summed E-state index contributed by atoms with van der Waals surface area (Å²) in [5.74, 6) is 0. The number of carbonyl (C=O) groups is 1. The zero-order valence-corrected chi connectivity index (χ0v) is 12.0. The molecule has 0 unspecified atom stereocenters. The first-order valence-corrected chi connectivity index (χ1v) is 6.85. The van der Waals surface area contributed by atoms with Gasteiger partial charge in [-0.05, 0) is 31.6 Å². The van der Waals surface area contributed by atoms with Crippen LogP contribution >= 0.6 is 0 Å². The van der Waals surface area contributed by atoms with Gasteiger partial charge >= 0.3 is 6.09 Å². The maximum Gasteiger partial charge on any atom is 0.407 e. The number of allylic oxidation sites excluding steroid dienone is 1. The van der Waals surface area contributed by atoms with E-state index >= 15 is 0 Å². The van der Waals surface area contributed by atoms with Crippen molar-refractivity contribution >= 4 is 12.2 Å². The highest BCUT2D eigenvalue weighted by molar-refractivity contribution is 5.65. The van der Waals surface area contributed by atoms with Gasteiger partial charge in [-0.1, -0.05) is 11.6 Å². The number of piperazine rings is 1. The van der Waals surface area contributed by atoms with Crippen LogP contribution in [0, 0.1) is 0 Å². The third-order valence-electron chi connectivity index (χ3n) is 3.39. The Hall–Kier alpha value is -1.88. The van der Waals surface area contributed by atoms with Crippen LogP contribution in [0.2, 0.25) is 0 Å². The van der Waals surface area contributed by atoms with E-state index in [1.807, 2.05) is 6.07 Å². The lowest BCUT2D eigenvalue weighted by atomic mass is 10.1. The largest absolute Gasteiger partial charge is 0.465 e. The number of hydrogen-bond donors (Lipinski definition) is 1. The number of carboxylic acid groups (broad SMARTS) is 1. The number of rotatable bonds is 3. The van der Waals surface area contributed by atoms with Crippen molar-refractivity contribution in [3.05, 3.63) is 35.2 Å². The topological polar surface area (TPSA) is 56.7 Å². The number of amides is 1. The van der Waals surface area contributed by atoms with Crippen LogP contribution in [0.5, 0.6) is 0 Å². The highest BCUT2D eigenvalue weighted by atomic mass is 16.4. The van der Waals surface area contributed by atoms with Gasteiger partial charge in [-0.3, -0.25) is 9.88 Å². The lowest BCUT2D eigenvalue weighted by Crippen LogP contribution is -2.47. The summed E-state index contributed by atoms with van der Waals surface area (Å²) in [5.41, 5.74) is 3.42. The summed E-state index contributed by atoms with van der Waals surface area (Å²) < 4.78 is 0. The minimum atomic E-state index is -0.823. The molecule has 108 valence electrons. The maximum atomic E-state index is 10.9. The molecular formula is C15H21N3O2. The van der Waals surface area contributed by atoms with Crippen LogP contribution < -0.4 is 0 Å². The van der Waals surface area contributed by atoms with E-state index < -0.39 is 6.09 Å². The lowest BCUT2D eigenvalue weighted by molar-refractivity contribution is 0.103. The zero-order chi connectivity index (χ0) is 14.5. The van der Waals surface area contributed by atoms with Crippen molar-refractivity contribution < 1.29 is 9.90 Å². The van der Waals surface area contributed by atoms with Crippen LogP contribution in [0.15, 0.2) is 23.9 Å². The summed E-state index contributed by atoms with van der Waals surface area (Å²) in [7, 11) is 0. The van der Waals surface area contributed by atoms with Gasteiger partial charge in [-0.25, -0.2) is 4.79 Å². The molecule has 0 saturated carbocycles. The Morgan fingerprint density at radius 3 is 2.65 bits per heavy atom. The van der Waals surface area contributed by atoms with Crippen molar-refractivity contribution in [1.29, 1.82) is 0 Å². The monoisotopic (exact) mass is 275 g/mol. The molecule has 1 N–H and O–H groups in total. The lowest BCUT2D eigenvalue weighted by Gasteiger charge is -2.33. The first kappa shape index (κ1) is 14.5. The van der Waals surface area contributed by atoms with Gasteiger partial charge in [0.05, 0.1) is 5.69 Å². The van der Waals surface area contributed by atoms with E-state index in [4.69, 9.17) is 5.11 Å². The van der Waals surface area contributed by atoms with Crippen molar-refractivity contribution in [2.45, 2.75) is 20.4 Å². The van der Waals surface area contributed by atoms with Gasteiger partial charge in [-0.2, -0.15) is 0 Å². The van der Waals surface area contributed by atoms with E-state index in [2.05, 4.69) is 35.9 Å². The summed E-state index contributed by atoms with van der Waals surface area (Å²) >= 11 is 0. The molecule has 0 spiro atoms. The van der Waals surface area contributed by atoms with Gasteiger partial charge in [0.15, 0.2) is 0 Å². The fraction of sp³-hybridized carbons (Fsp3) is 0.467. The minimum absolute atomic E-state index is 0.577. The molecular weight excluding hydrogens is 254 g/mol. The Kier molecular flexibility index (Phi) is 4.74. The zero-order valence-electron chi connectivity index (χ0n) is 12.0. The SMILES string of the molecule is CC(C)=Cc1ncccc1CN1CCN(C(=O)O)CC1. The van der Waals surface area contributed by atoms with Gasteiger partial charge in [0.1, 0.15) is 0 Å². The maximum absolute atomic E-state index is 10.9. The third-order valence-corrected chi connectivity index (χ3v) is 3.39. The van der Waals surface area contributed by atoms with Crippen LogP contribution in [0.3, 0.4) is 0 Å². The summed E-state index contributed by atoms with van der Waals surface area (Å²) in [5, 5.41) is 8.95. The molecule has 1 amide bonds. The second kappa shape index (κ2) is 6.52. The number of pyridine rings is 1. The molecule has 2 heterocycles. The smallest absolute Gasteiger partial charge is 0.407 e. The van der Waals surface area contributed by atoms with Crippen molar-refractivity contribution in [3.63, 3.8) is 0 Å². The summed E-state index contributed by atoms with van der Waals surface area (Å²) in [6, 6.07) is 4.04. The van der Waals surface area contributed by atoms with E-state index in [-0.39, 0.29) is 0 Å². The summed E-state index contributed by atoms with van der Waals surface area (Å²) in [4.78, 5) is 19.0. The molecule has 5 nitrogen and oxygen atoms in total. The van der Waals surface area contributed by atoms with Crippen LogP contribution in [0.1, 0.15) is 25.1 Å². The Labute approximate surface area is 119 Å². The molecule has 1 aliphatic rings. The van der Waals surface area contributed by atoms with Crippen molar-refractivity contribution in [1.82, 2.24) is 14.8 Å². The standard InChI is InChI=1S/C15H21N3O2/c1-12(2)10-14-13(4-3-5-16-14)11-17-6-8-18(9-7-17)15(19)20/h3-5,10H,6-9,11H2,1-2H3,(H,19,20). The van der Waals surface area contributed by atoms with Gasteiger partial charge in [0, 0.05) is 38.9 Å². The van der Waals surface area contributed by atoms with E-state index in [1.165, 1.54) is 16.0 Å². The fourth-order valence-electron chi connectivity index (χ4n) is 2.33. The molecule has 1 fully saturated rings. The average Bonchev–Trinajstić information content (AvgIpc) is 2.41. The Morgan fingerprint density at radius 1 is 1.35 bits per heavy atom. The van der Waals surface area contributed by atoms with Gasteiger partial charge in [-0.15, -0.1) is 0 Å². The molecule has 5 heteroatoms. The summed E-state index contributed by atoms with van der Waals surface area (Å²) in [6.07, 6.45) is 3.07. The Bertz CT molecular complexity index is 502. The second-order valence-electron chi connectivity index (χ2n) is 5.32. The summed E-state index contributed by atoms with van der Waals surface area (Å²) in [6.45, 7) is 7.64. The highest BCUT2D eigenvalue weighted by Gasteiger charge is 2.20. The Balaban J connectivity index is 2.01. The predicted octanol–water partition coefficient (Wildman–Crippen LogP) is 2.30. The van der Waals surface area contributed by atoms with Crippen molar-refractivity contribution in [2.24, 2.45) is 0 Å². The molecule has 1 aromatic heterocycles. The predicted molar refractivity (Wildman–Crippen MR) is 78.4 cm³/mol. The normalized spacial score (nSPS) is 16.0. The number of nitrogens with zero attached hydrogens (tertiary/aromatic N) is 3. The molecule has 0 aliphatic carbocycles. The number of hydrogen-bond acceptors (Lipinski definition) is 3. The van der Waals surface area contributed by atoms with Crippen molar-refractivity contribution in [3.8, 4) is 0 Å². The van der Waals surface area contributed by atoms with Gasteiger partial charge in [0.25, 0.3) is 0 Å². The van der Waals surface area contributed by atoms with E-state index in [0.717, 1.165) is 25.3 Å². The van der Waals surface area contributed by atoms with Crippen LogP contribution in [-0.4, -0.2) is 52.2 Å². The quantitative estimate of drug-likeness (QED) is 0.919. The van der Waals surface area contributed by atoms with Crippen molar-refractivity contribution in [2.75, 3.05) is 26.2 Å². The Morgan fingerprint density at radius 2 is 2.05 bits per heavy atom. The van der Waals surface area contributed by atoms with Crippen LogP contribution in [0.4, 0.5) is 4.79 Å².